The molecule has 1 aliphatic heterocycles. The van der Waals surface area contributed by atoms with E-state index in [0.29, 0.717) is 11.6 Å². The first kappa shape index (κ1) is 19.7. The molecule has 0 bridgehead atoms. The number of hydrogen-bond donors (Lipinski definition) is 0. The maximum atomic E-state index is 13.9. The quantitative estimate of drug-likeness (QED) is 0.717. The minimum Gasteiger partial charge on any atom is -0.372 e. The molecule has 0 N–H and O–H groups in total. The van der Waals surface area contributed by atoms with E-state index in [1.165, 1.54) is 13.5 Å². The molecule has 0 atom stereocenters. The first-order valence-corrected chi connectivity index (χ1v) is 10.2. The van der Waals surface area contributed by atoms with Crippen molar-refractivity contribution in [2.75, 3.05) is 25.0 Å². The molecule has 0 amide bonds. The highest BCUT2D eigenvalue weighted by Gasteiger charge is 2.28. The fourth-order valence-electron chi connectivity index (χ4n) is 3.18. The first-order chi connectivity index (χ1) is 12.8. The molecule has 8 heteroatoms. The van der Waals surface area contributed by atoms with Crippen LogP contribution in [0.3, 0.4) is 0 Å². The molecular formula is C19H21F3N2O2S. The summed E-state index contributed by atoms with van der Waals surface area (Å²) >= 11 is 0. The van der Waals surface area contributed by atoms with Crippen LogP contribution in [-0.4, -0.2) is 32.9 Å². The molecule has 1 aliphatic rings. The molecule has 1 fully saturated rings. The summed E-state index contributed by atoms with van der Waals surface area (Å²) in [6.07, 6.45) is 3.54. The third-order valence-corrected chi connectivity index (χ3v) is 6.57. The molecule has 4 nitrogen and oxygen atoms in total. The van der Waals surface area contributed by atoms with Crippen molar-refractivity contribution in [3.63, 3.8) is 0 Å². The van der Waals surface area contributed by atoms with Crippen molar-refractivity contribution < 1.29 is 21.6 Å². The number of nitrogens with zero attached hydrogens (tertiary/aromatic N) is 2. The van der Waals surface area contributed by atoms with Gasteiger partial charge in [0.05, 0.1) is 0 Å². The lowest BCUT2D eigenvalue weighted by Crippen LogP contribution is -2.29. The molecule has 3 rings (SSSR count). The summed E-state index contributed by atoms with van der Waals surface area (Å²) in [5, 5.41) is 0. The van der Waals surface area contributed by atoms with Crippen LogP contribution in [0.25, 0.3) is 0 Å². The maximum Gasteiger partial charge on any atom is 0.246 e. The summed E-state index contributed by atoms with van der Waals surface area (Å²) in [5.74, 6) is -4.93. The second-order valence-corrected chi connectivity index (χ2v) is 8.66. The van der Waals surface area contributed by atoms with Gasteiger partial charge in [-0.3, -0.25) is 0 Å². The van der Waals surface area contributed by atoms with E-state index < -0.39 is 32.4 Å². The summed E-state index contributed by atoms with van der Waals surface area (Å²) in [5.41, 5.74) is 1.79. The predicted molar refractivity (Wildman–Crippen MR) is 97.5 cm³/mol. The van der Waals surface area contributed by atoms with Gasteiger partial charge in [0, 0.05) is 32.4 Å². The standard InChI is InChI=1S/C19H21F3N2O2S/c1-23(27(25,26)17-10-9-16(20)18(21)19(17)22)13-14-5-7-15(8-6-14)24-11-3-2-4-12-24/h5-10H,2-4,11-13H2,1H3. The van der Waals surface area contributed by atoms with Crippen LogP contribution < -0.4 is 4.90 Å². The van der Waals surface area contributed by atoms with E-state index in [9.17, 15) is 21.6 Å². The van der Waals surface area contributed by atoms with Gasteiger partial charge in [-0.1, -0.05) is 12.1 Å². The van der Waals surface area contributed by atoms with Crippen LogP contribution in [0.5, 0.6) is 0 Å². The number of piperidine rings is 1. The van der Waals surface area contributed by atoms with Gasteiger partial charge in [-0.15, -0.1) is 0 Å². The Balaban J connectivity index is 1.76. The monoisotopic (exact) mass is 398 g/mol. The summed E-state index contributed by atoms with van der Waals surface area (Å²) in [6.45, 7) is 1.99. The predicted octanol–water partition coefficient (Wildman–Crippen LogP) is 3.91. The molecule has 0 spiro atoms. The molecule has 1 saturated heterocycles. The first-order valence-electron chi connectivity index (χ1n) is 8.74. The van der Waals surface area contributed by atoms with Gasteiger partial charge in [0.25, 0.3) is 0 Å². The van der Waals surface area contributed by atoms with Crippen molar-refractivity contribution >= 4 is 15.7 Å². The number of rotatable bonds is 5. The molecule has 0 saturated carbocycles. The lowest BCUT2D eigenvalue weighted by molar-refractivity contribution is 0.421. The second-order valence-electron chi connectivity index (χ2n) is 6.65. The normalized spacial score (nSPS) is 15.4. The van der Waals surface area contributed by atoms with E-state index in [1.807, 2.05) is 24.3 Å². The average Bonchev–Trinajstić information content (AvgIpc) is 2.67. The number of sulfonamides is 1. The minimum atomic E-state index is -4.30. The van der Waals surface area contributed by atoms with Crippen LogP contribution in [0.4, 0.5) is 18.9 Å². The van der Waals surface area contributed by atoms with E-state index >= 15 is 0 Å². The van der Waals surface area contributed by atoms with Crippen LogP contribution in [0.1, 0.15) is 24.8 Å². The molecule has 2 aromatic carbocycles. The molecule has 0 unspecified atom stereocenters. The number of halogens is 3. The second kappa shape index (κ2) is 7.90. The third-order valence-electron chi connectivity index (χ3n) is 4.75. The van der Waals surface area contributed by atoms with Crippen LogP contribution >= 0.6 is 0 Å². The van der Waals surface area contributed by atoms with Crippen molar-refractivity contribution in [2.45, 2.75) is 30.7 Å². The maximum absolute atomic E-state index is 13.9. The Kier molecular flexibility index (Phi) is 5.76. The summed E-state index contributed by atoms with van der Waals surface area (Å²) in [7, 11) is -3.02. The zero-order valence-electron chi connectivity index (χ0n) is 15.0. The fraction of sp³-hybridized carbons (Fsp3) is 0.368. The lowest BCUT2D eigenvalue weighted by Gasteiger charge is -2.29. The third kappa shape index (κ3) is 4.11. The fourth-order valence-corrected chi connectivity index (χ4v) is 4.39. The van der Waals surface area contributed by atoms with Gasteiger partial charge < -0.3 is 4.90 Å². The summed E-state index contributed by atoms with van der Waals surface area (Å²) in [4.78, 5) is 1.40. The van der Waals surface area contributed by atoms with Crippen LogP contribution in [0, 0.1) is 17.5 Å². The van der Waals surface area contributed by atoms with Crippen molar-refractivity contribution in [2.24, 2.45) is 0 Å². The Morgan fingerprint density at radius 2 is 1.56 bits per heavy atom. The zero-order chi connectivity index (χ0) is 19.6. The minimum absolute atomic E-state index is 0.0128. The van der Waals surface area contributed by atoms with Crippen molar-refractivity contribution in [1.82, 2.24) is 4.31 Å². The van der Waals surface area contributed by atoms with Gasteiger partial charge in [0.1, 0.15) is 4.90 Å². The Morgan fingerprint density at radius 3 is 2.19 bits per heavy atom. The highest BCUT2D eigenvalue weighted by Crippen LogP contribution is 2.25. The topological polar surface area (TPSA) is 40.6 Å². The molecule has 27 heavy (non-hydrogen) atoms. The molecule has 0 aromatic heterocycles. The van der Waals surface area contributed by atoms with Gasteiger partial charge in [-0.2, -0.15) is 4.31 Å². The molecular weight excluding hydrogens is 377 g/mol. The van der Waals surface area contributed by atoms with E-state index in [4.69, 9.17) is 0 Å². The highest BCUT2D eigenvalue weighted by molar-refractivity contribution is 7.89. The van der Waals surface area contributed by atoms with E-state index in [0.717, 1.165) is 42.0 Å². The van der Waals surface area contributed by atoms with Gasteiger partial charge >= 0.3 is 0 Å². The van der Waals surface area contributed by atoms with Gasteiger partial charge in [-0.25, -0.2) is 21.6 Å². The van der Waals surface area contributed by atoms with E-state index in [2.05, 4.69) is 4.90 Å². The Hall–Kier alpha value is -2.06. The largest absolute Gasteiger partial charge is 0.372 e. The molecule has 2 aromatic rings. The summed E-state index contributed by atoms with van der Waals surface area (Å²) < 4.78 is 66.3. The Morgan fingerprint density at radius 1 is 0.926 bits per heavy atom. The van der Waals surface area contributed by atoms with Crippen LogP contribution in [0.15, 0.2) is 41.3 Å². The van der Waals surface area contributed by atoms with Crippen molar-refractivity contribution in [1.29, 1.82) is 0 Å². The molecule has 146 valence electrons. The number of anilines is 1. The van der Waals surface area contributed by atoms with Crippen molar-refractivity contribution in [3.05, 3.63) is 59.4 Å². The van der Waals surface area contributed by atoms with Gasteiger partial charge in [-0.05, 0) is 49.1 Å². The van der Waals surface area contributed by atoms with Gasteiger partial charge in [0.15, 0.2) is 17.5 Å². The van der Waals surface area contributed by atoms with Crippen LogP contribution in [0.2, 0.25) is 0 Å². The SMILES string of the molecule is CN(Cc1ccc(N2CCCCC2)cc1)S(=O)(=O)c1ccc(F)c(F)c1F. The van der Waals surface area contributed by atoms with E-state index in [-0.39, 0.29) is 6.54 Å². The van der Waals surface area contributed by atoms with Crippen LogP contribution in [-0.2, 0) is 16.6 Å². The highest BCUT2D eigenvalue weighted by atomic mass is 32.2. The average molecular weight is 398 g/mol. The van der Waals surface area contributed by atoms with E-state index in [1.54, 1.807) is 0 Å². The molecule has 0 aliphatic carbocycles. The number of benzene rings is 2. The smallest absolute Gasteiger partial charge is 0.246 e. The molecule has 1 heterocycles. The Labute approximate surface area is 157 Å². The number of hydrogen-bond acceptors (Lipinski definition) is 3. The van der Waals surface area contributed by atoms with Gasteiger partial charge in [0.2, 0.25) is 10.0 Å². The zero-order valence-corrected chi connectivity index (χ0v) is 15.8. The molecule has 0 radical (unpaired) electrons. The Bertz CT molecular complexity index is 911. The summed E-state index contributed by atoms with van der Waals surface area (Å²) in [6, 6.07) is 8.83. The van der Waals surface area contributed by atoms with Crippen molar-refractivity contribution in [3.8, 4) is 0 Å². The lowest BCUT2D eigenvalue weighted by atomic mass is 10.1.